The maximum Gasteiger partial charge on any atom is 0.408 e. The van der Waals surface area contributed by atoms with Gasteiger partial charge in [-0.1, -0.05) is 51.8 Å². The Morgan fingerprint density at radius 1 is 1.00 bits per heavy atom. The van der Waals surface area contributed by atoms with Crippen LogP contribution in [0.15, 0.2) is 36.4 Å². The Bertz CT molecular complexity index is 2060. The number of pyridine rings is 2. The molecule has 3 aromatic rings. The minimum absolute atomic E-state index is 0.0292. The number of anilines is 1. The molecule has 306 valence electrons. The van der Waals surface area contributed by atoms with Gasteiger partial charge in [-0.25, -0.2) is 19.6 Å². The Balaban J connectivity index is 1.21. The molecule has 1 aromatic carbocycles. The lowest BCUT2D eigenvalue weighted by Crippen LogP contribution is -2.59. The summed E-state index contributed by atoms with van der Waals surface area (Å²) in [5.74, 6) is 0.227. The number of aliphatic carboxylic acids is 1. The fourth-order valence-electron chi connectivity index (χ4n) is 8.57. The Kier molecular flexibility index (Phi) is 11.0. The van der Waals surface area contributed by atoms with Crippen molar-refractivity contribution in [3.63, 3.8) is 0 Å². The number of amides is 3. The summed E-state index contributed by atoms with van der Waals surface area (Å²) in [5, 5.41) is 19.9. The topological polar surface area (TPSA) is 181 Å². The van der Waals surface area contributed by atoms with E-state index < -0.39 is 53.0 Å². The molecule has 2 aromatic heterocycles. The van der Waals surface area contributed by atoms with Crippen LogP contribution in [-0.2, 0) is 19.1 Å². The number of carboxylic acid groups (broad SMARTS) is 1. The van der Waals surface area contributed by atoms with E-state index >= 15 is 0 Å². The average Bonchev–Trinajstić information content (AvgIpc) is 3.96. The van der Waals surface area contributed by atoms with Gasteiger partial charge in [-0.15, -0.1) is 0 Å². The smallest absolute Gasteiger partial charge is 0.408 e. The lowest BCUT2D eigenvalue weighted by Gasteiger charge is -2.35. The largest absolute Gasteiger partial charge is 0.495 e. The van der Waals surface area contributed by atoms with E-state index in [0.717, 1.165) is 12.8 Å². The number of fused-ring (bicyclic) bond motifs is 2. The van der Waals surface area contributed by atoms with Crippen molar-refractivity contribution in [3.8, 4) is 22.9 Å². The third-order valence-electron chi connectivity index (χ3n) is 11.8. The summed E-state index contributed by atoms with van der Waals surface area (Å²) in [6.45, 7) is 11.4. The minimum Gasteiger partial charge on any atom is -0.495 e. The number of carboxylic acids is 1. The van der Waals surface area contributed by atoms with Gasteiger partial charge in [0.25, 0.3) is 0 Å². The second-order valence-corrected chi connectivity index (χ2v) is 17.8. The summed E-state index contributed by atoms with van der Waals surface area (Å²) in [6, 6.07) is 8.79. The molecule has 57 heavy (non-hydrogen) atoms. The molecule has 0 radical (unpaired) electrons. The zero-order valence-corrected chi connectivity index (χ0v) is 34.3. The van der Waals surface area contributed by atoms with Crippen LogP contribution in [0.4, 0.5) is 10.6 Å². The van der Waals surface area contributed by atoms with Gasteiger partial charge in [0.05, 0.1) is 30.6 Å². The van der Waals surface area contributed by atoms with Gasteiger partial charge in [-0.3, -0.25) is 9.59 Å². The first-order valence-corrected chi connectivity index (χ1v) is 20.3. The minimum atomic E-state index is -1.41. The first kappa shape index (κ1) is 40.4. The fraction of sp³-hybridized carbons (Fsp3) is 0.571. The number of methoxy groups -OCH3 is 1. The molecular formula is C42H53ClN6O8. The molecule has 15 heteroatoms. The highest BCUT2D eigenvalue weighted by Crippen LogP contribution is 2.52. The number of hydrogen-bond acceptors (Lipinski definition) is 10. The number of carbonyl (C=O) groups excluding carboxylic acids is 3. The summed E-state index contributed by atoms with van der Waals surface area (Å²) in [5.41, 5.74) is -0.756. The molecule has 1 unspecified atom stereocenters. The molecule has 8 atom stereocenters. The molecule has 4 N–H and O–H groups in total. The van der Waals surface area contributed by atoms with E-state index in [4.69, 9.17) is 35.8 Å². The SMILES string of the molecule is CC[C@@H]1C[C@]1(NC(=O)[C@@H]1C[C@@H](Oc2cc(-c3cccc(NC(C)C)n3)nc3c(Cl)c(OC)ccc23)CN1C(=O)[C@@H](NC(=O)OC1C[C@@H]2C[C@@H]2C1)C(C)(C)C)C(=O)O. The number of halogens is 1. The normalized spacial score (nSPS) is 26.7. The highest BCUT2D eigenvalue weighted by molar-refractivity contribution is 6.36. The number of likely N-dealkylation sites (tertiary alicyclic amines) is 1. The van der Waals surface area contributed by atoms with Crippen molar-refractivity contribution in [1.82, 2.24) is 25.5 Å². The van der Waals surface area contributed by atoms with Crippen LogP contribution in [0.2, 0.25) is 5.02 Å². The number of alkyl carbamates (subject to hydrolysis) is 1. The second-order valence-electron chi connectivity index (χ2n) is 17.4. The zero-order chi connectivity index (χ0) is 41.0. The molecule has 4 fully saturated rings. The Labute approximate surface area is 337 Å². The van der Waals surface area contributed by atoms with Crippen molar-refractivity contribution in [1.29, 1.82) is 0 Å². The van der Waals surface area contributed by atoms with Crippen molar-refractivity contribution in [2.24, 2.45) is 23.2 Å². The van der Waals surface area contributed by atoms with Gasteiger partial charge in [0.1, 0.15) is 52.2 Å². The van der Waals surface area contributed by atoms with Crippen molar-refractivity contribution in [2.75, 3.05) is 19.0 Å². The summed E-state index contributed by atoms with van der Waals surface area (Å²) < 4.78 is 18.0. The first-order valence-electron chi connectivity index (χ1n) is 19.9. The summed E-state index contributed by atoms with van der Waals surface area (Å²) >= 11 is 6.84. The van der Waals surface area contributed by atoms with E-state index in [1.807, 2.05) is 59.7 Å². The molecule has 3 saturated carbocycles. The molecule has 3 heterocycles. The first-order chi connectivity index (χ1) is 27.0. The number of nitrogens with one attached hydrogen (secondary N) is 3. The molecule has 1 saturated heterocycles. The van der Waals surface area contributed by atoms with E-state index in [1.54, 1.807) is 18.2 Å². The Morgan fingerprint density at radius 3 is 2.37 bits per heavy atom. The van der Waals surface area contributed by atoms with Crippen LogP contribution >= 0.6 is 11.6 Å². The molecule has 0 bridgehead atoms. The van der Waals surface area contributed by atoms with E-state index in [9.17, 15) is 24.3 Å². The highest BCUT2D eigenvalue weighted by Gasteiger charge is 2.61. The third kappa shape index (κ3) is 8.28. The fourth-order valence-corrected chi connectivity index (χ4v) is 8.85. The Morgan fingerprint density at radius 2 is 1.74 bits per heavy atom. The van der Waals surface area contributed by atoms with Gasteiger partial charge >= 0.3 is 12.1 Å². The third-order valence-corrected chi connectivity index (χ3v) is 12.2. The Hall–Kier alpha value is -4.85. The van der Waals surface area contributed by atoms with Gasteiger partial charge < -0.3 is 40.2 Å². The van der Waals surface area contributed by atoms with E-state index in [1.165, 1.54) is 18.4 Å². The van der Waals surface area contributed by atoms with E-state index in [2.05, 4.69) is 16.0 Å². The molecule has 3 amide bonds. The lowest BCUT2D eigenvalue weighted by molar-refractivity contribution is -0.146. The number of ether oxygens (including phenoxy) is 3. The second kappa shape index (κ2) is 15.5. The number of rotatable bonds is 13. The molecule has 0 spiro atoms. The van der Waals surface area contributed by atoms with Crippen LogP contribution in [0.25, 0.3) is 22.3 Å². The standard InChI is InChI=1S/C42H53ClN6O8/c1-8-24-19-42(24,39(52)53)48-37(50)30-17-26(20-49(30)38(51)36(41(4,5)6)47-40(54)57-25-15-22-14-23(22)16-25)56-32-18-29(28-10-9-11-33(45-28)44-21(2)3)46-35-27(32)12-13-31(55-7)34(35)43/h9-13,18,21-26,30,36H,8,14-17,19-20H2,1-7H3,(H,44,45)(H,47,54)(H,48,50)(H,52,53)/t22-,23+,24-,25?,26-,30+,36-,42-/m1/s1. The molecule has 1 aliphatic heterocycles. The molecule has 14 nitrogen and oxygen atoms in total. The van der Waals surface area contributed by atoms with Crippen LogP contribution in [0.5, 0.6) is 11.5 Å². The van der Waals surface area contributed by atoms with Crippen LogP contribution in [0, 0.1) is 23.2 Å². The molecular weight excluding hydrogens is 752 g/mol. The molecule has 4 aliphatic rings. The average molecular weight is 805 g/mol. The monoisotopic (exact) mass is 804 g/mol. The summed E-state index contributed by atoms with van der Waals surface area (Å²) in [6.07, 6.45) is 2.13. The van der Waals surface area contributed by atoms with Crippen LogP contribution in [0.3, 0.4) is 0 Å². The van der Waals surface area contributed by atoms with Gasteiger partial charge in [0, 0.05) is 23.9 Å². The predicted octanol–water partition coefficient (Wildman–Crippen LogP) is 6.44. The van der Waals surface area contributed by atoms with Crippen molar-refractivity contribution in [3.05, 3.63) is 41.4 Å². The number of hydrogen-bond donors (Lipinski definition) is 4. The zero-order valence-electron chi connectivity index (χ0n) is 33.6. The van der Waals surface area contributed by atoms with Crippen LogP contribution < -0.4 is 25.4 Å². The van der Waals surface area contributed by atoms with Crippen molar-refractivity contribution >= 4 is 52.2 Å². The van der Waals surface area contributed by atoms with E-state index in [-0.39, 0.29) is 36.1 Å². The number of benzene rings is 1. The lowest BCUT2D eigenvalue weighted by atomic mass is 9.85. The summed E-state index contributed by atoms with van der Waals surface area (Å²) in [7, 11) is 1.52. The van der Waals surface area contributed by atoms with Crippen molar-refractivity contribution < 1.29 is 38.5 Å². The predicted molar refractivity (Wildman–Crippen MR) is 214 cm³/mol. The van der Waals surface area contributed by atoms with Crippen molar-refractivity contribution in [2.45, 2.75) is 116 Å². The van der Waals surface area contributed by atoms with Crippen LogP contribution in [0.1, 0.15) is 80.1 Å². The van der Waals surface area contributed by atoms with Gasteiger partial charge in [-0.05, 0) is 87.0 Å². The highest BCUT2D eigenvalue weighted by atomic mass is 35.5. The van der Waals surface area contributed by atoms with Gasteiger partial charge in [-0.2, -0.15) is 0 Å². The number of aromatic nitrogens is 2. The number of nitrogens with zero attached hydrogens (tertiary/aromatic N) is 3. The maximum absolute atomic E-state index is 14.7. The van der Waals surface area contributed by atoms with Crippen LogP contribution in [-0.4, -0.2) is 93.4 Å². The van der Waals surface area contributed by atoms with Gasteiger partial charge in [0.15, 0.2) is 0 Å². The van der Waals surface area contributed by atoms with Gasteiger partial charge in [0.2, 0.25) is 11.8 Å². The maximum atomic E-state index is 14.7. The van der Waals surface area contributed by atoms with E-state index in [0.29, 0.717) is 64.3 Å². The molecule has 3 aliphatic carbocycles. The summed E-state index contributed by atoms with van der Waals surface area (Å²) in [4.78, 5) is 65.7. The quantitative estimate of drug-likeness (QED) is 0.149. The number of carbonyl (C=O) groups is 4. The molecule has 7 rings (SSSR count).